The molecule has 0 fully saturated rings. The van der Waals surface area contributed by atoms with Crippen molar-refractivity contribution in [2.45, 2.75) is 46.3 Å². The lowest BCUT2D eigenvalue weighted by molar-refractivity contribution is 0.142. The van der Waals surface area contributed by atoms with E-state index in [9.17, 15) is 5.11 Å². The largest absolute Gasteiger partial charge is 0.459 e. The summed E-state index contributed by atoms with van der Waals surface area (Å²) < 4.78 is 5.93. The fourth-order valence-corrected chi connectivity index (χ4v) is 2.64. The van der Waals surface area contributed by atoms with Crippen LogP contribution in [0.3, 0.4) is 0 Å². The molecule has 1 aromatic carbocycles. The number of aryl methyl sites for hydroxylation is 1. The van der Waals surface area contributed by atoms with Crippen LogP contribution in [0.15, 0.2) is 28.7 Å². The first-order valence-electron chi connectivity index (χ1n) is 7.38. The van der Waals surface area contributed by atoms with E-state index in [1.807, 2.05) is 18.2 Å². The molecular formula is C17H25NO2. The second kappa shape index (κ2) is 6.42. The highest BCUT2D eigenvalue weighted by molar-refractivity contribution is 5.82. The first-order chi connectivity index (χ1) is 9.49. The van der Waals surface area contributed by atoms with Gasteiger partial charge in [0.25, 0.3) is 0 Å². The average Bonchev–Trinajstić information content (AvgIpc) is 2.73. The van der Waals surface area contributed by atoms with E-state index in [4.69, 9.17) is 4.42 Å². The summed E-state index contributed by atoms with van der Waals surface area (Å²) >= 11 is 0. The highest BCUT2D eigenvalue weighted by Crippen LogP contribution is 2.29. The summed E-state index contributed by atoms with van der Waals surface area (Å²) in [7, 11) is 0. The van der Waals surface area contributed by atoms with Gasteiger partial charge in [-0.05, 0) is 37.8 Å². The highest BCUT2D eigenvalue weighted by atomic mass is 16.3. The fraction of sp³-hybridized carbons (Fsp3) is 0.529. The Balaban J connectivity index is 2.04. The smallest absolute Gasteiger partial charge is 0.134 e. The van der Waals surface area contributed by atoms with Crippen LogP contribution < -0.4 is 5.32 Å². The molecular weight excluding hydrogens is 250 g/mol. The quantitative estimate of drug-likeness (QED) is 0.843. The topological polar surface area (TPSA) is 45.4 Å². The Morgan fingerprint density at radius 3 is 2.55 bits per heavy atom. The summed E-state index contributed by atoms with van der Waals surface area (Å²) in [5.74, 6) is 1.47. The van der Waals surface area contributed by atoms with Gasteiger partial charge in [0.2, 0.25) is 0 Å². The molecule has 0 radical (unpaired) electrons. The molecule has 2 rings (SSSR count). The third-order valence-corrected chi connectivity index (χ3v) is 3.68. The first-order valence-corrected chi connectivity index (χ1v) is 7.38. The number of hydrogen-bond donors (Lipinski definition) is 2. The molecule has 1 aromatic heterocycles. The molecule has 0 saturated carbocycles. The predicted molar refractivity (Wildman–Crippen MR) is 82.8 cm³/mol. The maximum Gasteiger partial charge on any atom is 0.134 e. The number of rotatable bonds is 6. The third kappa shape index (κ3) is 3.41. The van der Waals surface area contributed by atoms with Crippen LogP contribution in [0, 0.1) is 12.8 Å². The second-order valence-corrected chi connectivity index (χ2v) is 6.00. The van der Waals surface area contributed by atoms with Crippen molar-refractivity contribution in [3.05, 3.63) is 35.6 Å². The summed E-state index contributed by atoms with van der Waals surface area (Å²) in [5.41, 5.74) is 2.11. The number of benzene rings is 1. The molecule has 0 saturated heterocycles. The molecule has 20 heavy (non-hydrogen) atoms. The second-order valence-electron chi connectivity index (χ2n) is 6.00. The molecule has 0 bridgehead atoms. The Kier molecular flexibility index (Phi) is 4.84. The van der Waals surface area contributed by atoms with Crippen molar-refractivity contribution in [2.75, 3.05) is 6.54 Å². The molecule has 2 N–H and O–H groups in total. The maximum atomic E-state index is 9.93. The van der Waals surface area contributed by atoms with Crippen LogP contribution in [0.25, 0.3) is 11.0 Å². The van der Waals surface area contributed by atoms with Gasteiger partial charge in [0.15, 0.2) is 0 Å². The van der Waals surface area contributed by atoms with Gasteiger partial charge in [-0.3, -0.25) is 0 Å². The average molecular weight is 275 g/mol. The van der Waals surface area contributed by atoms with Crippen molar-refractivity contribution in [3.8, 4) is 0 Å². The van der Waals surface area contributed by atoms with Crippen LogP contribution in [-0.4, -0.2) is 17.8 Å². The lowest BCUT2D eigenvalue weighted by atomic mass is 10.1. The molecule has 2 aromatic rings. The van der Waals surface area contributed by atoms with Crippen molar-refractivity contribution >= 4 is 11.0 Å². The van der Waals surface area contributed by atoms with Crippen molar-refractivity contribution in [1.29, 1.82) is 0 Å². The van der Waals surface area contributed by atoms with Crippen molar-refractivity contribution < 1.29 is 9.52 Å². The van der Waals surface area contributed by atoms with E-state index < -0.39 is 0 Å². The van der Waals surface area contributed by atoms with Crippen LogP contribution in [0.1, 0.15) is 44.6 Å². The third-order valence-electron chi connectivity index (χ3n) is 3.68. The molecule has 1 heterocycles. The summed E-state index contributed by atoms with van der Waals surface area (Å²) in [5, 5.41) is 14.5. The van der Waals surface area contributed by atoms with Crippen LogP contribution in [0.5, 0.6) is 0 Å². The van der Waals surface area contributed by atoms with Gasteiger partial charge in [-0.1, -0.05) is 32.0 Å². The normalized spacial score (nSPS) is 14.9. The van der Waals surface area contributed by atoms with E-state index in [0.29, 0.717) is 12.5 Å². The Morgan fingerprint density at radius 1 is 1.20 bits per heavy atom. The van der Waals surface area contributed by atoms with E-state index in [1.165, 1.54) is 10.9 Å². The van der Waals surface area contributed by atoms with Crippen LogP contribution >= 0.6 is 0 Å². The number of furan rings is 1. The maximum absolute atomic E-state index is 9.93. The summed E-state index contributed by atoms with van der Waals surface area (Å²) in [6, 6.07) is 8.19. The molecule has 0 amide bonds. The minimum absolute atomic E-state index is 0.101. The van der Waals surface area contributed by atoms with E-state index in [2.05, 4.69) is 39.1 Å². The SMILES string of the molecule is Cc1c(C(C)NCC(O)CC(C)C)oc2ccccc12. The molecule has 3 nitrogen and oxygen atoms in total. The summed E-state index contributed by atoms with van der Waals surface area (Å²) in [6.45, 7) is 9.00. The Labute approximate surface area is 121 Å². The van der Waals surface area contributed by atoms with Crippen LogP contribution in [0.2, 0.25) is 0 Å². The van der Waals surface area contributed by atoms with E-state index in [0.717, 1.165) is 17.8 Å². The predicted octanol–water partition coefficient (Wildman–Crippen LogP) is 3.80. The molecule has 0 spiro atoms. The Hall–Kier alpha value is -1.32. The number of para-hydroxylation sites is 1. The van der Waals surface area contributed by atoms with E-state index in [-0.39, 0.29) is 12.1 Å². The van der Waals surface area contributed by atoms with Gasteiger partial charge in [-0.15, -0.1) is 0 Å². The minimum Gasteiger partial charge on any atom is -0.459 e. The number of hydrogen-bond acceptors (Lipinski definition) is 3. The fourth-order valence-electron chi connectivity index (χ4n) is 2.64. The van der Waals surface area contributed by atoms with Gasteiger partial charge in [0.05, 0.1) is 12.1 Å². The first kappa shape index (κ1) is 15.1. The van der Waals surface area contributed by atoms with Gasteiger partial charge in [0, 0.05) is 11.9 Å². The van der Waals surface area contributed by atoms with E-state index >= 15 is 0 Å². The van der Waals surface area contributed by atoms with E-state index in [1.54, 1.807) is 0 Å². The number of aliphatic hydroxyl groups excluding tert-OH is 1. The Morgan fingerprint density at radius 2 is 1.90 bits per heavy atom. The van der Waals surface area contributed by atoms with Gasteiger partial charge in [-0.25, -0.2) is 0 Å². The van der Waals surface area contributed by atoms with Crippen LogP contribution in [-0.2, 0) is 0 Å². The summed E-state index contributed by atoms with van der Waals surface area (Å²) in [6.07, 6.45) is 0.515. The highest BCUT2D eigenvalue weighted by Gasteiger charge is 2.17. The molecule has 0 aliphatic rings. The van der Waals surface area contributed by atoms with Gasteiger partial charge in [0.1, 0.15) is 11.3 Å². The minimum atomic E-state index is -0.304. The molecule has 0 aliphatic heterocycles. The molecule has 2 atom stereocenters. The van der Waals surface area contributed by atoms with Crippen molar-refractivity contribution in [1.82, 2.24) is 5.32 Å². The van der Waals surface area contributed by atoms with Crippen LogP contribution in [0.4, 0.5) is 0 Å². The standard InChI is InChI=1S/C17H25NO2/c1-11(2)9-14(19)10-18-13(4)17-12(3)15-7-5-6-8-16(15)20-17/h5-8,11,13-14,18-19H,9-10H2,1-4H3. The zero-order valence-electron chi connectivity index (χ0n) is 12.8. The molecule has 0 aliphatic carbocycles. The Bertz CT molecular complexity index is 559. The molecule has 110 valence electrons. The molecule has 3 heteroatoms. The van der Waals surface area contributed by atoms with Gasteiger partial charge < -0.3 is 14.8 Å². The van der Waals surface area contributed by atoms with Crippen molar-refractivity contribution in [2.24, 2.45) is 5.92 Å². The monoisotopic (exact) mass is 275 g/mol. The summed E-state index contributed by atoms with van der Waals surface area (Å²) in [4.78, 5) is 0. The van der Waals surface area contributed by atoms with Crippen molar-refractivity contribution in [3.63, 3.8) is 0 Å². The number of fused-ring (bicyclic) bond motifs is 1. The number of aliphatic hydroxyl groups is 1. The lowest BCUT2D eigenvalue weighted by Crippen LogP contribution is -2.30. The van der Waals surface area contributed by atoms with Gasteiger partial charge >= 0.3 is 0 Å². The van der Waals surface area contributed by atoms with Gasteiger partial charge in [-0.2, -0.15) is 0 Å². The molecule has 2 unspecified atom stereocenters. The lowest BCUT2D eigenvalue weighted by Gasteiger charge is -2.17. The zero-order chi connectivity index (χ0) is 14.7. The number of nitrogens with one attached hydrogen (secondary N) is 1. The zero-order valence-corrected chi connectivity index (χ0v) is 12.8.